The Morgan fingerprint density at radius 1 is 0.462 bits per heavy atom. The fourth-order valence-electron chi connectivity index (χ4n) is 3.90. The third-order valence-electron chi connectivity index (χ3n) is 2.60. The zero-order valence-corrected chi connectivity index (χ0v) is 14.4. The molecule has 1 heteroatoms. The molecule has 0 nitrogen and oxygen atoms in total. The van der Waals surface area contributed by atoms with Gasteiger partial charge < -0.3 is 0 Å². The van der Waals surface area contributed by atoms with Crippen LogP contribution in [0.15, 0.2) is 0 Å². The van der Waals surface area contributed by atoms with Gasteiger partial charge in [0.25, 0.3) is 0 Å². The van der Waals surface area contributed by atoms with Gasteiger partial charge in [-0.25, -0.2) is 0 Å². The summed E-state index contributed by atoms with van der Waals surface area (Å²) in [7, 11) is 0. The average molecular weight is 291 g/mol. The quantitative estimate of drug-likeness (QED) is 0.571. The molecule has 0 aliphatic heterocycles. The zero-order chi connectivity index (χ0) is 11.1. The monoisotopic (exact) mass is 292 g/mol. The van der Waals surface area contributed by atoms with E-state index < -0.39 is 19.8 Å². The van der Waals surface area contributed by atoms with Crippen LogP contribution in [-0.4, -0.2) is 19.8 Å². The molecule has 0 aliphatic rings. The van der Waals surface area contributed by atoms with Gasteiger partial charge in [0, 0.05) is 0 Å². The molecule has 0 atom stereocenters. The molecule has 0 aromatic rings. The fourth-order valence-corrected chi connectivity index (χ4v) is 26.1. The molecule has 0 spiro atoms. The van der Waals surface area contributed by atoms with E-state index in [1.807, 2.05) is 0 Å². The minimum atomic E-state index is -1.58. The van der Waals surface area contributed by atoms with Gasteiger partial charge in [0.1, 0.15) is 0 Å². The molecule has 80 valence electrons. The fraction of sp³-hybridized carbons (Fsp3) is 1.00. The number of hydrogen-bond acceptors (Lipinski definition) is 0. The second-order valence-corrected chi connectivity index (χ2v) is 24.8. The standard InChI is InChI=1S/3C4H9.Sn.H/c3*1-4(2)3;;/h3*1-3H3;;. The Bertz CT molecular complexity index is 128. The van der Waals surface area contributed by atoms with Crippen molar-refractivity contribution in [1.29, 1.82) is 0 Å². The first-order valence-corrected chi connectivity index (χ1v) is 10.3. The van der Waals surface area contributed by atoms with E-state index in [-0.39, 0.29) is 0 Å². The van der Waals surface area contributed by atoms with Crippen molar-refractivity contribution >= 4 is 19.8 Å². The van der Waals surface area contributed by atoms with Crippen molar-refractivity contribution < 1.29 is 0 Å². The summed E-state index contributed by atoms with van der Waals surface area (Å²) >= 11 is -1.58. The van der Waals surface area contributed by atoms with E-state index in [1.54, 1.807) is 0 Å². The molecular formula is C12H28Sn. The van der Waals surface area contributed by atoms with Crippen molar-refractivity contribution in [3.8, 4) is 0 Å². The molecule has 0 heterocycles. The Morgan fingerprint density at radius 2 is 0.615 bits per heavy atom. The first-order valence-electron chi connectivity index (χ1n) is 5.37. The van der Waals surface area contributed by atoms with Crippen molar-refractivity contribution in [1.82, 2.24) is 0 Å². The van der Waals surface area contributed by atoms with Crippen molar-refractivity contribution in [2.75, 3.05) is 0 Å². The van der Waals surface area contributed by atoms with Gasteiger partial charge in [-0.3, -0.25) is 0 Å². The van der Waals surface area contributed by atoms with Crippen molar-refractivity contribution in [3.63, 3.8) is 0 Å². The van der Waals surface area contributed by atoms with Gasteiger partial charge in [-0.05, 0) is 0 Å². The van der Waals surface area contributed by atoms with Gasteiger partial charge in [-0.15, -0.1) is 0 Å². The number of hydrogen-bond donors (Lipinski definition) is 0. The predicted molar refractivity (Wildman–Crippen MR) is 66.3 cm³/mol. The summed E-state index contributed by atoms with van der Waals surface area (Å²) in [5.41, 5.74) is 0. The van der Waals surface area contributed by atoms with Crippen LogP contribution in [-0.2, 0) is 0 Å². The van der Waals surface area contributed by atoms with Crippen molar-refractivity contribution in [3.05, 3.63) is 0 Å². The molecule has 0 rings (SSSR count). The van der Waals surface area contributed by atoms with E-state index in [4.69, 9.17) is 0 Å². The zero-order valence-electron chi connectivity index (χ0n) is 11.1. The molecule has 0 aromatic carbocycles. The third-order valence-corrected chi connectivity index (χ3v) is 17.4. The average Bonchev–Trinajstić information content (AvgIpc) is 1.44. The summed E-state index contributed by atoms with van der Waals surface area (Å²) in [5, 5.41) is 0. The molecule has 0 bridgehead atoms. The summed E-state index contributed by atoms with van der Waals surface area (Å²) in [6, 6.07) is 0. The minimum absolute atomic E-state index is 0.595. The molecule has 0 aromatic heterocycles. The molecule has 0 fully saturated rings. The molecule has 0 N–H and O–H groups in total. The Kier molecular flexibility index (Phi) is 3.98. The van der Waals surface area contributed by atoms with Crippen LogP contribution in [0.1, 0.15) is 62.3 Å². The normalized spacial score (nSPS) is 15.2. The summed E-state index contributed by atoms with van der Waals surface area (Å²) in [6.45, 7) is 22.0. The van der Waals surface area contributed by atoms with Crippen molar-refractivity contribution in [2.24, 2.45) is 0 Å². The van der Waals surface area contributed by atoms with Gasteiger partial charge in [-0.1, -0.05) is 0 Å². The van der Waals surface area contributed by atoms with Crippen LogP contribution in [0.3, 0.4) is 0 Å². The maximum atomic E-state index is 2.45. The second kappa shape index (κ2) is 3.75. The Hall–Kier alpha value is 0.799. The first-order chi connectivity index (χ1) is 5.37. The van der Waals surface area contributed by atoms with Crippen LogP contribution in [0.4, 0.5) is 0 Å². The summed E-state index contributed by atoms with van der Waals surface area (Å²) < 4.78 is 1.79. The van der Waals surface area contributed by atoms with Crippen LogP contribution in [0.25, 0.3) is 0 Å². The van der Waals surface area contributed by atoms with E-state index in [2.05, 4.69) is 62.3 Å². The summed E-state index contributed by atoms with van der Waals surface area (Å²) in [6.07, 6.45) is 0. The summed E-state index contributed by atoms with van der Waals surface area (Å²) in [5.74, 6) is 0. The van der Waals surface area contributed by atoms with E-state index in [1.165, 1.54) is 0 Å². The van der Waals surface area contributed by atoms with E-state index in [9.17, 15) is 0 Å². The van der Waals surface area contributed by atoms with Gasteiger partial charge >= 0.3 is 92.4 Å². The van der Waals surface area contributed by atoms with Gasteiger partial charge in [-0.2, -0.15) is 0 Å². The van der Waals surface area contributed by atoms with Crippen LogP contribution < -0.4 is 0 Å². The van der Waals surface area contributed by atoms with Crippen LogP contribution in [0.2, 0.25) is 10.3 Å². The molecule has 0 unspecified atom stereocenters. The molecule has 0 radical (unpaired) electrons. The third kappa shape index (κ3) is 4.22. The molecule has 13 heavy (non-hydrogen) atoms. The number of rotatable bonds is 0. The SMILES string of the molecule is C[C](C)(C)[SnH]([C](C)(C)C)[C](C)(C)C. The van der Waals surface area contributed by atoms with Gasteiger partial charge in [0.15, 0.2) is 0 Å². The van der Waals surface area contributed by atoms with E-state index >= 15 is 0 Å². The van der Waals surface area contributed by atoms with Gasteiger partial charge in [0.2, 0.25) is 0 Å². The Morgan fingerprint density at radius 3 is 0.615 bits per heavy atom. The predicted octanol–water partition coefficient (Wildman–Crippen LogP) is 4.61. The van der Waals surface area contributed by atoms with E-state index in [0.29, 0.717) is 10.3 Å². The van der Waals surface area contributed by atoms with Gasteiger partial charge in [0.05, 0.1) is 0 Å². The van der Waals surface area contributed by atoms with Crippen LogP contribution >= 0.6 is 0 Å². The first kappa shape index (κ1) is 13.8. The Labute approximate surface area is 92.2 Å². The van der Waals surface area contributed by atoms with E-state index in [0.717, 1.165) is 0 Å². The molecule has 0 amide bonds. The van der Waals surface area contributed by atoms with Crippen LogP contribution in [0.5, 0.6) is 0 Å². The topological polar surface area (TPSA) is 0 Å². The molecule has 0 saturated heterocycles. The summed E-state index contributed by atoms with van der Waals surface area (Å²) in [4.78, 5) is 0. The van der Waals surface area contributed by atoms with Crippen LogP contribution in [0, 0.1) is 0 Å². The Balaban J connectivity index is 5.02. The maximum absolute atomic E-state index is 2.45. The molecule has 0 aliphatic carbocycles. The molecular weight excluding hydrogens is 263 g/mol. The molecule has 0 saturated carbocycles. The second-order valence-electron chi connectivity index (χ2n) is 7.53. The van der Waals surface area contributed by atoms with Crippen molar-refractivity contribution in [2.45, 2.75) is 72.6 Å².